The maximum absolute atomic E-state index is 13.4. The van der Waals surface area contributed by atoms with Crippen LogP contribution < -0.4 is 14.8 Å². The summed E-state index contributed by atoms with van der Waals surface area (Å²) in [6.07, 6.45) is 0. The Morgan fingerprint density at radius 2 is 1.69 bits per heavy atom. The van der Waals surface area contributed by atoms with Gasteiger partial charge in [0.2, 0.25) is 0 Å². The molecule has 2 aliphatic rings. The Bertz CT molecular complexity index is 1020. The molecule has 1 fully saturated rings. The van der Waals surface area contributed by atoms with Gasteiger partial charge < -0.3 is 19.5 Å². The van der Waals surface area contributed by atoms with Gasteiger partial charge in [0.1, 0.15) is 17.2 Å². The number of methoxy groups -OCH3 is 2. The summed E-state index contributed by atoms with van der Waals surface area (Å²) in [6, 6.07) is 14.5. The van der Waals surface area contributed by atoms with Gasteiger partial charge >= 0.3 is 0 Å². The molecule has 0 aliphatic carbocycles. The van der Waals surface area contributed by atoms with Crippen molar-refractivity contribution in [1.29, 1.82) is 0 Å². The summed E-state index contributed by atoms with van der Waals surface area (Å²) in [7, 11) is 3.12. The van der Waals surface area contributed by atoms with Gasteiger partial charge in [-0.3, -0.25) is 19.4 Å². The van der Waals surface area contributed by atoms with E-state index in [9.17, 15) is 9.59 Å². The van der Waals surface area contributed by atoms with Crippen LogP contribution in [0.4, 0.5) is 5.69 Å². The fraction of sp³-hybridized carbons (Fsp3) is 0.333. The molecular formula is C24H27N3O5. The second-order valence-corrected chi connectivity index (χ2v) is 7.52. The summed E-state index contributed by atoms with van der Waals surface area (Å²) in [4.78, 5) is 30.2. The first-order chi connectivity index (χ1) is 15.6. The zero-order valence-electron chi connectivity index (χ0n) is 18.3. The fourth-order valence-corrected chi connectivity index (χ4v) is 3.87. The van der Waals surface area contributed by atoms with Crippen molar-refractivity contribution in [3.63, 3.8) is 0 Å². The van der Waals surface area contributed by atoms with Gasteiger partial charge in [-0.05, 0) is 17.7 Å². The van der Waals surface area contributed by atoms with Crippen molar-refractivity contribution in [3.8, 4) is 11.5 Å². The van der Waals surface area contributed by atoms with Crippen molar-refractivity contribution in [1.82, 2.24) is 9.80 Å². The SMILES string of the molecule is COc1ccc(NC2=C(c3ccccc3)C(=O)N(CCN3CCOCC3)C2=O)c(OC)c1. The molecule has 2 aliphatic heterocycles. The van der Waals surface area contributed by atoms with Crippen LogP contribution >= 0.6 is 0 Å². The van der Waals surface area contributed by atoms with Gasteiger partial charge in [0.25, 0.3) is 11.8 Å². The molecule has 0 unspecified atom stereocenters. The van der Waals surface area contributed by atoms with E-state index in [4.69, 9.17) is 14.2 Å². The molecule has 0 bridgehead atoms. The van der Waals surface area contributed by atoms with Crippen LogP contribution in [0.3, 0.4) is 0 Å². The summed E-state index contributed by atoms with van der Waals surface area (Å²) < 4.78 is 16.1. The van der Waals surface area contributed by atoms with Crippen molar-refractivity contribution in [3.05, 3.63) is 59.8 Å². The Kier molecular flexibility index (Phi) is 6.72. The van der Waals surface area contributed by atoms with Crippen LogP contribution in [0.15, 0.2) is 54.2 Å². The van der Waals surface area contributed by atoms with Gasteiger partial charge in [0, 0.05) is 32.2 Å². The number of anilines is 1. The van der Waals surface area contributed by atoms with Crippen LogP contribution in [0.2, 0.25) is 0 Å². The molecule has 0 spiro atoms. The van der Waals surface area contributed by atoms with Crippen LogP contribution in [-0.4, -0.2) is 75.2 Å². The standard InChI is InChI=1S/C24H27N3O5/c1-30-18-8-9-19(20(16-18)31-2)25-22-21(17-6-4-3-5-7-17)23(28)27(24(22)29)11-10-26-12-14-32-15-13-26/h3-9,16,25H,10-15H2,1-2H3. The Morgan fingerprint density at radius 3 is 2.38 bits per heavy atom. The lowest BCUT2D eigenvalue weighted by atomic mass is 10.0. The largest absolute Gasteiger partial charge is 0.497 e. The number of amides is 2. The lowest BCUT2D eigenvalue weighted by Gasteiger charge is -2.28. The molecule has 0 aromatic heterocycles. The molecule has 4 rings (SSSR count). The number of carbonyl (C=O) groups excluding carboxylic acids is 2. The van der Waals surface area contributed by atoms with Crippen molar-refractivity contribution >= 4 is 23.1 Å². The third-order valence-electron chi connectivity index (χ3n) is 5.64. The zero-order chi connectivity index (χ0) is 22.5. The topological polar surface area (TPSA) is 80.3 Å². The Balaban J connectivity index is 1.64. The van der Waals surface area contributed by atoms with E-state index in [1.54, 1.807) is 32.4 Å². The van der Waals surface area contributed by atoms with E-state index in [0.717, 1.165) is 13.1 Å². The minimum atomic E-state index is -0.347. The number of hydrogen-bond donors (Lipinski definition) is 1. The molecule has 1 N–H and O–H groups in total. The highest BCUT2D eigenvalue weighted by molar-refractivity contribution is 6.36. The first-order valence-corrected chi connectivity index (χ1v) is 10.6. The van der Waals surface area contributed by atoms with E-state index in [2.05, 4.69) is 10.2 Å². The normalized spacial score (nSPS) is 17.1. The molecule has 32 heavy (non-hydrogen) atoms. The number of carbonyl (C=O) groups is 2. The van der Waals surface area contributed by atoms with Crippen LogP contribution in [-0.2, 0) is 14.3 Å². The summed E-state index contributed by atoms with van der Waals surface area (Å²) >= 11 is 0. The minimum absolute atomic E-state index is 0.242. The van der Waals surface area contributed by atoms with Gasteiger partial charge in [-0.25, -0.2) is 0 Å². The molecule has 2 amide bonds. The number of morpholine rings is 1. The summed E-state index contributed by atoms with van der Waals surface area (Å²) in [5.74, 6) is 0.492. The molecule has 2 aromatic rings. The van der Waals surface area contributed by atoms with Crippen LogP contribution in [0.5, 0.6) is 11.5 Å². The fourth-order valence-electron chi connectivity index (χ4n) is 3.87. The Hall–Kier alpha value is -3.36. The Morgan fingerprint density at radius 1 is 0.938 bits per heavy atom. The summed E-state index contributed by atoms with van der Waals surface area (Å²) in [5.41, 5.74) is 1.87. The average Bonchev–Trinajstić information content (AvgIpc) is 3.07. The number of rotatable bonds is 8. The van der Waals surface area contributed by atoms with Crippen molar-refractivity contribution < 1.29 is 23.8 Å². The van der Waals surface area contributed by atoms with Crippen LogP contribution in [0.1, 0.15) is 5.56 Å². The number of nitrogens with one attached hydrogen (secondary N) is 1. The highest BCUT2D eigenvalue weighted by Crippen LogP contribution is 2.35. The molecule has 2 aromatic carbocycles. The predicted octanol–water partition coefficient (Wildman–Crippen LogP) is 2.23. The van der Waals surface area contributed by atoms with Crippen LogP contribution in [0, 0.1) is 0 Å². The molecule has 0 radical (unpaired) electrons. The molecule has 168 valence electrons. The van der Waals surface area contributed by atoms with E-state index in [1.165, 1.54) is 4.90 Å². The van der Waals surface area contributed by atoms with E-state index in [0.29, 0.717) is 54.6 Å². The first-order valence-electron chi connectivity index (χ1n) is 10.6. The number of imide groups is 1. The second-order valence-electron chi connectivity index (χ2n) is 7.52. The highest BCUT2D eigenvalue weighted by atomic mass is 16.5. The highest BCUT2D eigenvalue weighted by Gasteiger charge is 2.39. The Labute approximate surface area is 187 Å². The van der Waals surface area contributed by atoms with Gasteiger partial charge in [0.15, 0.2) is 0 Å². The minimum Gasteiger partial charge on any atom is -0.497 e. The monoisotopic (exact) mass is 437 g/mol. The van der Waals surface area contributed by atoms with Crippen LogP contribution in [0.25, 0.3) is 5.57 Å². The third-order valence-corrected chi connectivity index (χ3v) is 5.64. The quantitative estimate of drug-likeness (QED) is 0.635. The molecule has 8 nitrogen and oxygen atoms in total. The molecule has 1 saturated heterocycles. The number of hydrogen-bond acceptors (Lipinski definition) is 7. The van der Waals surface area contributed by atoms with Crippen molar-refractivity contribution in [2.24, 2.45) is 0 Å². The lowest BCUT2D eigenvalue weighted by molar-refractivity contribution is -0.137. The first kappa shape index (κ1) is 21.9. The maximum atomic E-state index is 13.4. The van der Waals surface area contributed by atoms with Crippen molar-refractivity contribution in [2.45, 2.75) is 0 Å². The van der Waals surface area contributed by atoms with Gasteiger partial charge in [-0.1, -0.05) is 30.3 Å². The lowest BCUT2D eigenvalue weighted by Crippen LogP contribution is -2.43. The van der Waals surface area contributed by atoms with E-state index < -0.39 is 0 Å². The second kappa shape index (κ2) is 9.84. The maximum Gasteiger partial charge on any atom is 0.278 e. The van der Waals surface area contributed by atoms with Gasteiger partial charge in [-0.2, -0.15) is 0 Å². The van der Waals surface area contributed by atoms with Gasteiger partial charge in [-0.15, -0.1) is 0 Å². The van der Waals surface area contributed by atoms with E-state index >= 15 is 0 Å². The van der Waals surface area contributed by atoms with E-state index in [-0.39, 0.29) is 17.5 Å². The van der Waals surface area contributed by atoms with Crippen molar-refractivity contribution in [2.75, 3.05) is 58.9 Å². The molecular weight excluding hydrogens is 410 g/mol. The zero-order valence-corrected chi connectivity index (χ0v) is 18.3. The number of nitrogens with zero attached hydrogens (tertiary/aromatic N) is 2. The third kappa shape index (κ3) is 4.46. The van der Waals surface area contributed by atoms with Gasteiger partial charge in [0.05, 0.1) is 38.7 Å². The molecule has 0 atom stereocenters. The molecule has 8 heteroatoms. The predicted molar refractivity (Wildman–Crippen MR) is 121 cm³/mol. The summed E-state index contributed by atoms with van der Waals surface area (Å²) in [6.45, 7) is 3.85. The van der Waals surface area contributed by atoms with E-state index in [1.807, 2.05) is 30.3 Å². The smallest absolute Gasteiger partial charge is 0.278 e. The number of benzene rings is 2. The average molecular weight is 437 g/mol. The number of ether oxygens (including phenoxy) is 3. The molecule has 2 heterocycles. The molecule has 0 saturated carbocycles. The summed E-state index contributed by atoms with van der Waals surface area (Å²) in [5, 5.41) is 3.16.